The smallest absolute Gasteiger partial charge is 0.0569 e. The zero-order valence-electron chi connectivity index (χ0n) is 11.8. The maximum absolute atomic E-state index is 3.41. The first kappa shape index (κ1) is 13.4. The largest absolute Gasteiger partial charge is 0.342 e. The Bertz CT molecular complexity index is 667. The van der Waals surface area contributed by atoms with Gasteiger partial charge in [-0.25, -0.2) is 0 Å². The standard InChI is InChI=1S/C17H20N2S/c1-2-18-10-9-14-12-19(13-15-6-5-11-20-15)17-8-4-3-7-16(14)17/h3-8,11-12,18H,2,9-10,13H2,1H3. The Labute approximate surface area is 124 Å². The second kappa shape index (κ2) is 6.25. The summed E-state index contributed by atoms with van der Waals surface area (Å²) in [4.78, 5) is 1.41. The molecule has 0 radical (unpaired) electrons. The minimum Gasteiger partial charge on any atom is -0.342 e. The summed E-state index contributed by atoms with van der Waals surface area (Å²) < 4.78 is 2.38. The molecular formula is C17H20N2S. The Morgan fingerprint density at radius 3 is 2.85 bits per heavy atom. The van der Waals surface area contributed by atoms with Crippen LogP contribution in [0.3, 0.4) is 0 Å². The first-order valence-electron chi connectivity index (χ1n) is 7.18. The van der Waals surface area contributed by atoms with Crippen LogP contribution in [0.25, 0.3) is 10.9 Å². The van der Waals surface area contributed by atoms with Crippen molar-refractivity contribution >= 4 is 22.2 Å². The first-order valence-corrected chi connectivity index (χ1v) is 8.06. The van der Waals surface area contributed by atoms with E-state index in [9.17, 15) is 0 Å². The van der Waals surface area contributed by atoms with Crippen LogP contribution in [0.5, 0.6) is 0 Å². The monoisotopic (exact) mass is 284 g/mol. The lowest BCUT2D eigenvalue weighted by molar-refractivity contribution is 0.716. The summed E-state index contributed by atoms with van der Waals surface area (Å²) >= 11 is 1.82. The van der Waals surface area contributed by atoms with Gasteiger partial charge < -0.3 is 9.88 Å². The average molecular weight is 284 g/mol. The second-order valence-electron chi connectivity index (χ2n) is 4.98. The first-order chi connectivity index (χ1) is 9.88. The van der Waals surface area contributed by atoms with E-state index in [4.69, 9.17) is 0 Å². The predicted molar refractivity (Wildman–Crippen MR) is 87.6 cm³/mol. The molecule has 0 aliphatic heterocycles. The third kappa shape index (κ3) is 2.79. The van der Waals surface area contributed by atoms with Gasteiger partial charge >= 0.3 is 0 Å². The number of para-hydroxylation sites is 1. The number of nitrogens with zero attached hydrogens (tertiary/aromatic N) is 1. The topological polar surface area (TPSA) is 17.0 Å². The van der Waals surface area contributed by atoms with Gasteiger partial charge in [-0.15, -0.1) is 11.3 Å². The Hall–Kier alpha value is -1.58. The summed E-state index contributed by atoms with van der Waals surface area (Å²) in [6.07, 6.45) is 3.41. The number of nitrogens with one attached hydrogen (secondary N) is 1. The molecule has 3 aromatic rings. The summed E-state index contributed by atoms with van der Waals surface area (Å²) in [5.74, 6) is 0. The van der Waals surface area contributed by atoms with Crippen molar-refractivity contribution in [1.82, 2.24) is 9.88 Å². The van der Waals surface area contributed by atoms with Crippen LogP contribution >= 0.6 is 11.3 Å². The van der Waals surface area contributed by atoms with Crippen molar-refractivity contribution in [2.75, 3.05) is 13.1 Å². The number of aromatic nitrogens is 1. The third-order valence-electron chi connectivity index (χ3n) is 3.60. The van der Waals surface area contributed by atoms with Gasteiger partial charge in [0, 0.05) is 22.0 Å². The minimum absolute atomic E-state index is 0.972. The van der Waals surface area contributed by atoms with Crippen molar-refractivity contribution < 1.29 is 0 Å². The maximum Gasteiger partial charge on any atom is 0.0569 e. The number of likely N-dealkylation sites (N-methyl/N-ethyl adjacent to an activating group) is 1. The molecule has 0 amide bonds. The van der Waals surface area contributed by atoms with Gasteiger partial charge in [0.15, 0.2) is 0 Å². The average Bonchev–Trinajstić information content (AvgIpc) is 3.09. The lowest BCUT2D eigenvalue weighted by Gasteiger charge is -2.02. The molecule has 3 heteroatoms. The van der Waals surface area contributed by atoms with Crippen LogP contribution in [0.1, 0.15) is 17.4 Å². The molecule has 2 heterocycles. The molecule has 0 atom stereocenters. The Morgan fingerprint density at radius 2 is 2.05 bits per heavy atom. The van der Waals surface area contributed by atoms with E-state index in [0.717, 1.165) is 26.1 Å². The number of hydrogen-bond donors (Lipinski definition) is 1. The molecule has 1 aromatic carbocycles. The highest BCUT2D eigenvalue weighted by atomic mass is 32.1. The summed E-state index contributed by atoms with van der Waals surface area (Å²) in [6, 6.07) is 13.0. The maximum atomic E-state index is 3.41. The molecule has 0 aliphatic carbocycles. The number of thiophene rings is 1. The van der Waals surface area contributed by atoms with E-state index in [1.54, 1.807) is 0 Å². The van der Waals surface area contributed by atoms with Crippen molar-refractivity contribution in [1.29, 1.82) is 0 Å². The zero-order chi connectivity index (χ0) is 13.8. The van der Waals surface area contributed by atoms with E-state index in [1.807, 2.05) is 11.3 Å². The van der Waals surface area contributed by atoms with E-state index in [2.05, 4.69) is 64.8 Å². The van der Waals surface area contributed by atoms with Gasteiger partial charge in [-0.05, 0) is 42.6 Å². The molecule has 0 fully saturated rings. The lowest BCUT2D eigenvalue weighted by Crippen LogP contribution is -2.15. The summed E-state index contributed by atoms with van der Waals surface area (Å²) in [6.45, 7) is 5.21. The molecule has 0 saturated heterocycles. The van der Waals surface area contributed by atoms with E-state index in [0.29, 0.717) is 0 Å². The molecule has 0 spiro atoms. The van der Waals surface area contributed by atoms with Gasteiger partial charge in [-0.2, -0.15) is 0 Å². The zero-order valence-corrected chi connectivity index (χ0v) is 12.6. The second-order valence-corrected chi connectivity index (χ2v) is 6.01. The molecule has 3 rings (SSSR count). The van der Waals surface area contributed by atoms with Crippen molar-refractivity contribution in [3.05, 3.63) is 58.4 Å². The molecule has 0 saturated carbocycles. The van der Waals surface area contributed by atoms with Crippen molar-refractivity contribution in [3.8, 4) is 0 Å². The van der Waals surface area contributed by atoms with Gasteiger partial charge in [-0.1, -0.05) is 31.2 Å². The molecular weight excluding hydrogens is 264 g/mol. The van der Waals surface area contributed by atoms with Gasteiger partial charge in [0.2, 0.25) is 0 Å². The Morgan fingerprint density at radius 1 is 1.15 bits per heavy atom. The highest BCUT2D eigenvalue weighted by Gasteiger charge is 2.08. The summed E-state index contributed by atoms with van der Waals surface area (Å²) in [7, 11) is 0. The van der Waals surface area contributed by atoms with Crippen molar-refractivity contribution in [2.45, 2.75) is 19.9 Å². The summed E-state index contributed by atoms with van der Waals surface area (Å²) in [5.41, 5.74) is 2.78. The van der Waals surface area contributed by atoms with Crippen LogP contribution < -0.4 is 5.32 Å². The quantitative estimate of drug-likeness (QED) is 0.679. The number of hydrogen-bond acceptors (Lipinski definition) is 2. The van der Waals surface area contributed by atoms with Crippen LogP contribution in [0.2, 0.25) is 0 Å². The molecule has 104 valence electrons. The molecule has 2 nitrogen and oxygen atoms in total. The normalized spacial score (nSPS) is 11.2. The number of fused-ring (bicyclic) bond motifs is 1. The number of rotatable bonds is 6. The van der Waals surface area contributed by atoms with Crippen LogP contribution in [-0.2, 0) is 13.0 Å². The van der Waals surface area contributed by atoms with Crippen LogP contribution in [0.4, 0.5) is 0 Å². The SMILES string of the molecule is CCNCCc1cn(Cc2cccs2)c2ccccc12. The molecule has 0 unspecified atom stereocenters. The highest BCUT2D eigenvalue weighted by Crippen LogP contribution is 2.23. The third-order valence-corrected chi connectivity index (χ3v) is 4.46. The van der Waals surface area contributed by atoms with Crippen molar-refractivity contribution in [3.63, 3.8) is 0 Å². The molecule has 0 bridgehead atoms. The lowest BCUT2D eigenvalue weighted by atomic mass is 10.1. The molecule has 1 N–H and O–H groups in total. The van der Waals surface area contributed by atoms with Crippen LogP contribution in [0, 0.1) is 0 Å². The van der Waals surface area contributed by atoms with Gasteiger partial charge in [-0.3, -0.25) is 0 Å². The van der Waals surface area contributed by atoms with E-state index < -0.39 is 0 Å². The molecule has 2 aromatic heterocycles. The van der Waals surface area contributed by atoms with Crippen LogP contribution in [0.15, 0.2) is 48.0 Å². The van der Waals surface area contributed by atoms with Crippen LogP contribution in [-0.4, -0.2) is 17.7 Å². The predicted octanol–water partition coefficient (Wildman–Crippen LogP) is 3.90. The van der Waals surface area contributed by atoms with E-state index >= 15 is 0 Å². The minimum atomic E-state index is 0.972. The molecule has 20 heavy (non-hydrogen) atoms. The van der Waals surface area contributed by atoms with Gasteiger partial charge in [0.25, 0.3) is 0 Å². The highest BCUT2D eigenvalue weighted by molar-refractivity contribution is 7.09. The fourth-order valence-corrected chi connectivity index (χ4v) is 3.33. The van der Waals surface area contributed by atoms with E-state index in [-0.39, 0.29) is 0 Å². The Balaban J connectivity index is 1.91. The Kier molecular flexibility index (Phi) is 4.19. The molecule has 0 aliphatic rings. The van der Waals surface area contributed by atoms with E-state index in [1.165, 1.54) is 21.3 Å². The number of benzene rings is 1. The van der Waals surface area contributed by atoms with Crippen molar-refractivity contribution in [2.24, 2.45) is 0 Å². The van der Waals surface area contributed by atoms with Gasteiger partial charge in [0.1, 0.15) is 0 Å². The fourth-order valence-electron chi connectivity index (χ4n) is 2.62. The van der Waals surface area contributed by atoms with Gasteiger partial charge in [0.05, 0.1) is 6.54 Å². The summed E-state index contributed by atoms with van der Waals surface area (Å²) in [5, 5.41) is 6.95. The fraction of sp³-hybridized carbons (Fsp3) is 0.294.